The second kappa shape index (κ2) is 7.64. The van der Waals surface area contributed by atoms with Crippen LogP contribution in [0, 0.1) is 0 Å². The van der Waals surface area contributed by atoms with Crippen LogP contribution in [-0.2, 0) is 13.0 Å². The summed E-state index contributed by atoms with van der Waals surface area (Å²) in [4.78, 5) is 14.5. The van der Waals surface area contributed by atoms with Crippen molar-refractivity contribution in [2.45, 2.75) is 19.9 Å². The lowest BCUT2D eigenvalue weighted by atomic mass is 10.2. The Labute approximate surface area is 129 Å². The van der Waals surface area contributed by atoms with Gasteiger partial charge in [0.15, 0.2) is 0 Å². The van der Waals surface area contributed by atoms with E-state index in [1.165, 1.54) is 9.75 Å². The Balaban J connectivity index is 1.89. The van der Waals surface area contributed by atoms with E-state index in [2.05, 4.69) is 36.3 Å². The average Bonchev–Trinajstić information content (AvgIpc) is 2.99. The molecule has 0 aliphatic rings. The molecule has 0 saturated heterocycles. The number of anilines is 1. The van der Waals surface area contributed by atoms with E-state index in [0.717, 1.165) is 18.7 Å². The molecule has 1 aromatic carbocycles. The minimum atomic E-state index is -0.0766. The zero-order valence-corrected chi connectivity index (χ0v) is 13.0. The van der Waals surface area contributed by atoms with Gasteiger partial charge in [-0.15, -0.1) is 17.9 Å². The molecule has 0 saturated carbocycles. The van der Waals surface area contributed by atoms with Crippen molar-refractivity contribution >= 4 is 22.9 Å². The Morgan fingerprint density at radius 2 is 1.90 bits per heavy atom. The maximum Gasteiger partial charge on any atom is 0.251 e. The van der Waals surface area contributed by atoms with E-state index in [-0.39, 0.29) is 5.91 Å². The number of hydrogen-bond donors (Lipinski definition) is 2. The molecule has 0 spiro atoms. The van der Waals surface area contributed by atoms with Gasteiger partial charge in [0.05, 0.1) is 0 Å². The minimum absolute atomic E-state index is 0.0766. The topological polar surface area (TPSA) is 41.1 Å². The zero-order chi connectivity index (χ0) is 15.1. The number of aryl methyl sites for hydroxylation is 1. The molecular weight excluding hydrogens is 280 g/mol. The van der Waals surface area contributed by atoms with Gasteiger partial charge in [0.25, 0.3) is 5.91 Å². The largest absolute Gasteiger partial charge is 0.380 e. The summed E-state index contributed by atoms with van der Waals surface area (Å²) >= 11 is 1.83. The first-order valence-electron chi connectivity index (χ1n) is 7.03. The van der Waals surface area contributed by atoms with Crippen LogP contribution >= 0.6 is 11.3 Å². The van der Waals surface area contributed by atoms with Gasteiger partial charge in [-0.1, -0.05) is 13.0 Å². The van der Waals surface area contributed by atoms with Crippen molar-refractivity contribution in [2.24, 2.45) is 0 Å². The highest BCUT2D eigenvalue weighted by molar-refractivity contribution is 7.12. The highest BCUT2D eigenvalue weighted by Crippen LogP contribution is 2.18. The van der Waals surface area contributed by atoms with Crippen molar-refractivity contribution in [3.63, 3.8) is 0 Å². The Morgan fingerprint density at radius 3 is 2.52 bits per heavy atom. The van der Waals surface area contributed by atoms with Gasteiger partial charge in [-0.3, -0.25) is 4.79 Å². The summed E-state index contributed by atoms with van der Waals surface area (Å²) in [7, 11) is 0. The molecule has 2 rings (SSSR count). The number of hydrogen-bond acceptors (Lipinski definition) is 3. The van der Waals surface area contributed by atoms with Gasteiger partial charge >= 0.3 is 0 Å². The number of nitrogens with one attached hydrogen (secondary N) is 2. The third-order valence-corrected chi connectivity index (χ3v) is 4.32. The maximum absolute atomic E-state index is 11.8. The molecule has 0 radical (unpaired) electrons. The van der Waals surface area contributed by atoms with Crippen molar-refractivity contribution in [1.29, 1.82) is 0 Å². The van der Waals surface area contributed by atoms with Crippen LogP contribution < -0.4 is 10.6 Å². The van der Waals surface area contributed by atoms with Crippen LogP contribution in [0.4, 0.5) is 5.69 Å². The molecule has 0 bridgehead atoms. The number of rotatable bonds is 7. The SMILES string of the molecule is C=CCNC(=O)c1ccc(NCc2ccc(CC)s2)cc1. The highest BCUT2D eigenvalue weighted by atomic mass is 32.1. The van der Waals surface area contributed by atoms with E-state index in [4.69, 9.17) is 0 Å². The fraction of sp³-hybridized carbons (Fsp3) is 0.235. The molecular formula is C17H20N2OS. The van der Waals surface area contributed by atoms with Gasteiger partial charge in [0, 0.05) is 34.1 Å². The van der Waals surface area contributed by atoms with Crippen LogP contribution in [0.2, 0.25) is 0 Å². The highest BCUT2D eigenvalue weighted by Gasteiger charge is 2.04. The molecule has 1 aromatic heterocycles. The van der Waals surface area contributed by atoms with E-state index in [9.17, 15) is 4.79 Å². The Hall–Kier alpha value is -2.07. The number of carbonyl (C=O) groups is 1. The fourth-order valence-corrected chi connectivity index (χ4v) is 2.80. The van der Waals surface area contributed by atoms with E-state index in [0.29, 0.717) is 12.1 Å². The van der Waals surface area contributed by atoms with Crippen LogP contribution in [0.1, 0.15) is 27.0 Å². The van der Waals surface area contributed by atoms with Gasteiger partial charge in [-0.2, -0.15) is 0 Å². The molecule has 1 heterocycles. The van der Waals surface area contributed by atoms with Gasteiger partial charge in [-0.25, -0.2) is 0 Å². The summed E-state index contributed by atoms with van der Waals surface area (Å²) in [5.74, 6) is -0.0766. The van der Waals surface area contributed by atoms with Crippen LogP contribution in [0.25, 0.3) is 0 Å². The summed E-state index contributed by atoms with van der Waals surface area (Å²) in [5, 5.41) is 6.13. The molecule has 2 N–H and O–H groups in total. The number of benzene rings is 1. The molecule has 2 aromatic rings. The first-order chi connectivity index (χ1) is 10.2. The van der Waals surface area contributed by atoms with E-state index in [1.54, 1.807) is 6.08 Å². The van der Waals surface area contributed by atoms with E-state index >= 15 is 0 Å². The van der Waals surface area contributed by atoms with Gasteiger partial charge in [0.2, 0.25) is 0 Å². The van der Waals surface area contributed by atoms with Crippen molar-refractivity contribution < 1.29 is 4.79 Å². The first-order valence-corrected chi connectivity index (χ1v) is 7.85. The summed E-state index contributed by atoms with van der Waals surface area (Å²) < 4.78 is 0. The Kier molecular flexibility index (Phi) is 5.58. The number of amides is 1. The molecule has 0 atom stereocenters. The quantitative estimate of drug-likeness (QED) is 0.763. The third kappa shape index (κ3) is 4.46. The molecule has 110 valence electrons. The van der Waals surface area contributed by atoms with E-state index in [1.807, 2.05) is 35.6 Å². The average molecular weight is 300 g/mol. The molecule has 3 nitrogen and oxygen atoms in total. The maximum atomic E-state index is 11.8. The van der Waals surface area contributed by atoms with Crippen LogP contribution in [-0.4, -0.2) is 12.5 Å². The summed E-state index contributed by atoms with van der Waals surface area (Å²) in [6.07, 6.45) is 2.75. The summed E-state index contributed by atoms with van der Waals surface area (Å²) in [6, 6.07) is 11.8. The first kappa shape index (κ1) is 15.3. The molecule has 4 heteroatoms. The van der Waals surface area contributed by atoms with Gasteiger partial charge in [-0.05, 0) is 42.8 Å². The molecule has 0 aliphatic heterocycles. The van der Waals surface area contributed by atoms with Gasteiger partial charge in [0.1, 0.15) is 0 Å². The summed E-state index contributed by atoms with van der Waals surface area (Å²) in [5.41, 5.74) is 1.67. The molecule has 0 aliphatic carbocycles. The van der Waals surface area contributed by atoms with Crippen LogP contribution in [0.5, 0.6) is 0 Å². The molecule has 21 heavy (non-hydrogen) atoms. The number of carbonyl (C=O) groups excluding carboxylic acids is 1. The van der Waals surface area contributed by atoms with E-state index < -0.39 is 0 Å². The second-order valence-electron chi connectivity index (χ2n) is 4.65. The Morgan fingerprint density at radius 1 is 1.19 bits per heavy atom. The Bertz CT molecular complexity index is 602. The monoisotopic (exact) mass is 300 g/mol. The lowest BCUT2D eigenvalue weighted by Crippen LogP contribution is -2.23. The van der Waals surface area contributed by atoms with Crippen molar-refractivity contribution in [3.05, 3.63) is 64.4 Å². The number of thiophene rings is 1. The van der Waals surface area contributed by atoms with Crippen molar-refractivity contribution in [3.8, 4) is 0 Å². The van der Waals surface area contributed by atoms with Crippen LogP contribution in [0.15, 0.2) is 49.1 Å². The lowest BCUT2D eigenvalue weighted by Gasteiger charge is -2.06. The van der Waals surface area contributed by atoms with Crippen molar-refractivity contribution in [1.82, 2.24) is 5.32 Å². The molecule has 0 unspecified atom stereocenters. The molecule has 0 fully saturated rings. The minimum Gasteiger partial charge on any atom is -0.380 e. The molecule has 1 amide bonds. The van der Waals surface area contributed by atoms with Crippen molar-refractivity contribution in [2.75, 3.05) is 11.9 Å². The smallest absolute Gasteiger partial charge is 0.251 e. The van der Waals surface area contributed by atoms with Crippen LogP contribution in [0.3, 0.4) is 0 Å². The fourth-order valence-electron chi connectivity index (χ4n) is 1.90. The lowest BCUT2D eigenvalue weighted by molar-refractivity contribution is 0.0958. The predicted octanol–water partition coefficient (Wildman–Crippen LogP) is 3.84. The second-order valence-corrected chi connectivity index (χ2v) is 5.90. The standard InChI is InChI=1S/C17H20N2OS/c1-3-11-18-17(20)13-5-7-14(8-6-13)19-12-16-10-9-15(4-2)21-16/h3,5-10,19H,1,4,11-12H2,2H3,(H,18,20). The summed E-state index contributed by atoms with van der Waals surface area (Å²) in [6.45, 7) is 7.04. The normalized spacial score (nSPS) is 10.1. The van der Waals surface area contributed by atoms with Gasteiger partial charge < -0.3 is 10.6 Å². The third-order valence-electron chi connectivity index (χ3n) is 3.09. The zero-order valence-electron chi connectivity index (χ0n) is 12.2. The predicted molar refractivity (Wildman–Crippen MR) is 90.0 cm³/mol.